The van der Waals surface area contributed by atoms with Crippen molar-refractivity contribution < 1.29 is 8.78 Å². The lowest BCUT2D eigenvalue weighted by Gasteiger charge is -2.22. The number of aromatic nitrogens is 2. The van der Waals surface area contributed by atoms with E-state index in [9.17, 15) is 8.78 Å². The Bertz CT molecular complexity index is 759. The van der Waals surface area contributed by atoms with Gasteiger partial charge in [-0.15, -0.1) is 0 Å². The molecule has 2 heterocycles. The van der Waals surface area contributed by atoms with E-state index in [0.29, 0.717) is 17.3 Å². The molecule has 0 bridgehead atoms. The van der Waals surface area contributed by atoms with E-state index in [1.807, 2.05) is 0 Å². The van der Waals surface area contributed by atoms with Gasteiger partial charge in [0.15, 0.2) is 6.17 Å². The van der Waals surface area contributed by atoms with Gasteiger partial charge < -0.3 is 10.6 Å². The van der Waals surface area contributed by atoms with Crippen molar-refractivity contribution in [2.45, 2.75) is 38.3 Å². The maximum absolute atomic E-state index is 14.6. The third kappa shape index (κ3) is 4.18. The molecule has 26 heavy (non-hydrogen) atoms. The molecule has 0 spiro atoms. The van der Waals surface area contributed by atoms with Gasteiger partial charge in [0, 0.05) is 18.7 Å². The fraction of sp³-hybridized carbons (Fsp3) is 0.400. The van der Waals surface area contributed by atoms with Crippen molar-refractivity contribution in [2.24, 2.45) is 5.73 Å². The van der Waals surface area contributed by atoms with Gasteiger partial charge in [0.1, 0.15) is 5.83 Å². The number of alkyl halides is 1. The Kier molecular flexibility index (Phi) is 5.81. The largest absolute Gasteiger partial charge is 0.397 e. The second-order valence-corrected chi connectivity index (χ2v) is 6.61. The van der Waals surface area contributed by atoms with Gasteiger partial charge in [-0.2, -0.15) is 0 Å². The van der Waals surface area contributed by atoms with Gasteiger partial charge in [-0.05, 0) is 31.4 Å². The third-order valence-corrected chi connectivity index (χ3v) is 4.62. The van der Waals surface area contributed by atoms with E-state index < -0.39 is 12.0 Å². The number of hydrogen-bond donors (Lipinski definition) is 1. The van der Waals surface area contributed by atoms with E-state index in [4.69, 9.17) is 5.73 Å². The van der Waals surface area contributed by atoms with Gasteiger partial charge in [0.05, 0.1) is 17.1 Å². The summed E-state index contributed by atoms with van der Waals surface area (Å²) in [6, 6.07) is 1.59. The molecule has 1 unspecified atom stereocenters. The Balaban J connectivity index is 2.07. The first-order valence-corrected chi connectivity index (χ1v) is 9.01. The molecule has 6 heteroatoms. The molecule has 1 atom stereocenters. The zero-order chi connectivity index (χ0) is 18.5. The molecule has 4 nitrogen and oxygen atoms in total. The van der Waals surface area contributed by atoms with Gasteiger partial charge in [-0.25, -0.2) is 18.7 Å². The normalized spacial score (nSPS) is 25.3. The van der Waals surface area contributed by atoms with E-state index in [1.54, 1.807) is 18.2 Å². The van der Waals surface area contributed by atoms with E-state index in [0.717, 1.165) is 25.9 Å². The van der Waals surface area contributed by atoms with E-state index in [2.05, 4.69) is 21.4 Å². The van der Waals surface area contributed by atoms with Crippen LogP contribution in [0.1, 0.15) is 43.5 Å². The average Bonchev–Trinajstić information content (AvgIpc) is 2.91. The number of anilines is 1. The summed E-state index contributed by atoms with van der Waals surface area (Å²) >= 11 is 0. The van der Waals surface area contributed by atoms with Gasteiger partial charge >= 0.3 is 0 Å². The molecule has 0 aromatic carbocycles. The van der Waals surface area contributed by atoms with Crippen molar-refractivity contribution >= 4 is 17.2 Å². The van der Waals surface area contributed by atoms with Crippen molar-refractivity contribution in [3.8, 4) is 0 Å². The fourth-order valence-corrected chi connectivity index (χ4v) is 3.17. The molecule has 1 aromatic heterocycles. The molecular formula is C20H24F2N4. The topological polar surface area (TPSA) is 55.0 Å². The zero-order valence-corrected chi connectivity index (χ0v) is 14.8. The highest BCUT2D eigenvalue weighted by Crippen LogP contribution is 2.30. The Morgan fingerprint density at radius 2 is 1.88 bits per heavy atom. The molecule has 2 aliphatic rings. The number of nitrogens with two attached hydrogens (primary N) is 1. The van der Waals surface area contributed by atoms with Crippen molar-refractivity contribution in [3.63, 3.8) is 0 Å². The maximum Gasteiger partial charge on any atom is 0.226 e. The summed E-state index contributed by atoms with van der Waals surface area (Å²) < 4.78 is 28.7. The van der Waals surface area contributed by atoms with E-state index in [-0.39, 0.29) is 17.7 Å². The molecular weight excluding hydrogens is 334 g/mol. The third-order valence-electron chi connectivity index (χ3n) is 4.62. The minimum Gasteiger partial charge on any atom is -0.397 e. The van der Waals surface area contributed by atoms with Crippen molar-refractivity contribution in [3.05, 3.63) is 54.2 Å². The Morgan fingerprint density at radius 3 is 2.58 bits per heavy atom. The number of rotatable bonds is 3. The van der Waals surface area contributed by atoms with Crippen molar-refractivity contribution in [1.29, 1.82) is 0 Å². The predicted octanol–water partition coefficient (Wildman–Crippen LogP) is 4.32. The molecule has 2 N–H and O–H groups in total. The molecule has 0 saturated carbocycles. The standard InChI is InChI=1S/C20H24F2N4/c1-14(23)17-13-18(15-9-5-4-6-10-16(21)19(15)22)25-20(24-17)26-11-7-2-3-8-12-26/h4-6,10,13,16H,1-3,7-9,11-12,23H2/b5-4-,10-6?,19-15-. The van der Waals surface area contributed by atoms with Crippen LogP contribution in [0.15, 0.2) is 42.8 Å². The quantitative estimate of drug-likeness (QED) is 0.874. The highest BCUT2D eigenvalue weighted by atomic mass is 19.2. The van der Waals surface area contributed by atoms with Crippen LogP contribution < -0.4 is 10.6 Å². The van der Waals surface area contributed by atoms with Crippen LogP contribution in [0.4, 0.5) is 14.7 Å². The highest BCUT2D eigenvalue weighted by Gasteiger charge is 2.21. The van der Waals surface area contributed by atoms with Crippen LogP contribution in [0.3, 0.4) is 0 Å². The number of allylic oxidation sites excluding steroid dienone is 6. The Labute approximate surface area is 152 Å². The lowest BCUT2D eigenvalue weighted by atomic mass is 10.0. The van der Waals surface area contributed by atoms with Gasteiger partial charge in [-0.1, -0.05) is 37.6 Å². The highest BCUT2D eigenvalue weighted by molar-refractivity contribution is 5.71. The number of halogens is 2. The van der Waals surface area contributed by atoms with Crippen LogP contribution in [-0.4, -0.2) is 29.2 Å². The predicted molar refractivity (Wildman–Crippen MR) is 102 cm³/mol. The summed E-state index contributed by atoms with van der Waals surface area (Å²) in [4.78, 5) is 11.1. The van der Waals surface area contributed by atoms with Gasteiger partial charge in [0.2, 0.25) is 5.95 Å². The van der Waals surface area contributed by atoms with E-state index in [1.165, 1.54) is 25.0 Å². The van der Waals surface area contributed by atoms with Crippen LogP contribution in [0.5, 0.6) is 0 Å². The fourth-order valence-electron chi connectivity index (χ4n) is 3.17. The molecule has 138 valence electrons. The summed E-state index contributed by atoms with van der Waals surface area (Å²) in [5, 5.41) is 0. The average molecular weight is 358 g/mol. The molecule has 1 fully saturated rings. The molecule has 1 saturated heterocycles. The van der Waals surface area contributed by atoms with Crippen LogP contribution in [-0.2, 0) is 0 Å². The van der Waals surface area contributed by atoms with Gasteiger partial charge in [-0.3, -0.25) is 0 Å². The lowest BCUT2D eigenvalue weighted by molar-refractivity contribution is 0.383. The second kappa shape index (κ2) is 8.25. The maximum atomic E-state index is 14.6. The van der Waals surface area contributed by atoms with Crippen LogP contribution >= 0.6 is 0 Å². The first-order chi connectivity index (χ1) is 12.6. The smallest absolute Gasteiger partial charge is 0.226 e. The van der Waals surface area contributed by atoms with Crippen LogP contribution in [0, 0.1) is 0 Å². The van der Waals surface area contributed by atoms with Gasteiger partial charge in [0.25, 0.3) is 0 Å². The molecule has 1 aliphatic carbocycles. The zero-order valence-electron chi connectivity index (χ0n) is 14.8. The minimum absolute atomic E-state index is 0.221. The monoisotopic (exact) mass is 358 g/mol. The molecule has 1 aliphatic heterocycles. The number of nitrogens with zero attached hydrogens (tertiary/aromatic N) is 3. The second-order valence-electron chi connectivity index (χ2n) is 6.61. The molecule has 0 radical (unpaired) electrons. The number of hydrogen-bond acceptors (Lipinski definition) is 4. The Morgan fingerprint density at radius 1 is 1.15 bits per heavy atom. The first kappa shape index (κ1) is 18.3. The minimum atomic E-state index is -1.78. The van der Waals surface area contributed by atoms with Crippen molar-refractivity contribution in [1.82, 2.24) is 9.97 Å². The summed E-state index contributed by atoms with van der Waals surface area (Å²) in [5.41, 5.74) is 7.16. The summed E-state index contributed by atoms with van der Waals surface area (Å²) in [7, 11) is 0. The first-order valence-electron chi connectivity index (χ1n) is 9.01. The SMILES string of the molecule is C=C(N)c1cc(/C2=C(\F)C(F)C=C/C=C\C2)nc(N2CCCCCC2)n1. The molecule has 0 amide bonds. The summed E-state index contributed by atoms with van der Waals surface area (Å²) in [5.74, 6) is -0.317. The molecule has 3 rings (SSSR count). The van der Waals surface area contributed by atoms with Crippen molar-refractivity contribution in [2.75, 3.05) is 18.0 Å². The van der Waals surface area contributed by atoms with Crippen LogP contribution in [0.25, 0.3) is 11.3 Å². The summed E-state index contributed by atoms with van der Waals surface area (Å²) in [6.45, 7) is 5.43. The van der Waals surface area contributed by atoms with E-state index >= 15 is 0 Å². The Hall–Kier alpha value is -2.50. The summed E-state index contributed by atoms with van der Waals surface area (Å²) in [6.07, 6.45) is 9.12. The lowest BCUT2D eigenvalue weighted by Crippen LogP contribution is -2.27. The van der Waals surface area contributed by atoms with Crippen LogP contribution in [0.2, 0.25) is 0 Å². The molecule has 1 aromatic rings.